The first kappa shape index (κ1) is 21.8. The lowest BCUT2D eigenvalue weighted by atomic mass is 10.1. The smallest absolute Gasteiger partial charge is 0.416 e. The summed E-state index contributed by atoms with van der Waals surface area (Å²) in [5.74, 6) is 0.0649. The number of amides is 1. The number of hydrogen-bond acceptors (Lipinski definition) is 5. The van der Waals surface area contributed by atoms with Gasteiger partial charge in [-0.2, -0.15) is 18.3 Å². The van der Waals surface area contributed by atoms with E-state index in [0.717, 1.165) is 17.7 Å². The van der Waals surface area contributed by atoms with Crippen LogP contribution < -0.4 is 5.43 Å². The molecule has 1 N–H and O–H groups in total. The molecule has 0 aliphatic carbocycles. The highest BCUT2D eigenvalue weighted by atomic mass is 19.4. The number of rotatable bonds is 6. The molecule has 2 aromatic carbocycles. The highest BCUT2D eigenvalue weighted by molar-refractivity contribution is 5.82. The summed E-state index contributed by atoms with van der Waals surface area (Å²) in [4.78, 5) is 22.4. The number of furan rings is 1. The number of nitro benzene ring substituents is 1. The lowest BCUT2D eigenvalue weighted by molar-refractivity contribution is -0.384. The first-order valence-electron chi connectivity index (χ1n) is 8.97. The molecule has 0 saturated carbocycles. The molecule has 0 fully saturated rings. The molecule has 0 aliphatic rings. The molecule has 0 saturated heterocycles. The van der Waals surface area contributed by atoms with E-state index in [0.29, 0.717) is 11.3 Å². The predicted octanol–water partition coefficient (Wildman–Crippen LogP) is 4.87. The molecule has 31 heavy (non-hydrogen) atoms. The van der Waals surface area contributed by atoms with Crippen molar-refractivity contribution in [3.05, 3.63) is 87.2 Å². The monoisotopic (exact) mass is 431 g/mol. The SMILES string of the molecule is Cc1ccc([N+](=O)[O-])cc1-c1ccc(/C=N/NC(=O)Cc2cccc(C(F)(F)F)c2)o1. The van der Waals surface area contributed by atoms with Crippen LogP contribution in [0.15, 0.2) is 64.1 Å². The van der Waals surface area contributed by atoms with E-state index in [4.69, 9.17) is 4.42 Å². The Morgan fingerprint density at radius 3 is 2.68 bits per heavy atom. The Bertz CT molecular complexity index is 1150. The number of nitrogens with one attached hydrogen (secondary N) is 1. The number of alkyl halides is 3. The van der Waals surface area contributed by atoms with Crippen molar-refractivity contribution in [2.75, 3.05) is 0 Å². The molecule has 0 radical (unpaired) electrons. The van der Waals surface area contributed by atoms with E-state index in [1.165, 1.54) is 30.5 Å². The highest BCUT2D eigenvalue weighted by Gasteiger charge is 2.30. The lowest BCUT2D eigenvalue weighted by Gasteiger charge is -2.08. The van der Waals surface area contributed by atoms with Gasteiger partial charge in [-0.3, -0.25) is 14.9 Å². The summed E-state index contributed by atoms with van der Waals surface area (Å²) in [7, 11) is 0. The fourth-order valence-electron chi connectivity index (χ4n) is 2.81. The summed E-state index contributed by atoms with van der Waals surface area (Å²) in [5.41, 5.74) is 2.83. The molecule has 3 rings (SSSR count). The van der Waals surface area contributed by atoms with E-state index in [1.54, 1.807) is 25.1 Å². The van der Waals surface area contributed by atoms with Crippen LogP contribution in [0.25, 0.3) is 11.3 Å². The number of aryl methyl sites for hydroxylation is 1. The summed E-state index contributed by atoms with van der Waals surface area (Å²) in [6, 6.07) is 12.1. The largest absolute Gasteiger partial charge is 0.455 e. The van der Waals surface area contributed by atoms with E-state index in [9.17, 15) is 28.1 Å². The molecular weight excluding hydrogens is 415 g/mol. The standard InChI is InChI=1S/C21H16F3N3O4/c1-13-5-6-16(27(29)30)11-18(13)19-8-7-17(31-19)12-25-26-20(28)10-14-3-2-4-15(9-14)21(22,23)24/h2-9,11-12H,10H2,1H3,(H,26,28)/b25-12+. The van der Waals surface area contributed by atoms with Crippen molar-refractivity contribution in [1.29, 1.82) is 0 Å². The molecule has 0 aliphatic heterocycles. The average molecular weight is 431 g/mol. The normalized spacial score (nSPS) is 11.6. The van der Waals surface area contributed by atoms with Crippen LogP contribution in [0.1, 0.15) is 22.5 Å². The van der Waals surface area contributed by atoms with Gasteiger partial charge in [0.2, 0.25) is 5.91 Å². The van der Waals surface area contributed by atoms with Gasteiger partial charge >= 0.3 is 6.18 Å². The van der Waals surface area contributed by atoms with Crippen LogP contribution in [0.3, 0.4) is 0 Å². The molecule has 1 amide bonds. The predicted molar refractivity (Wildman–Crippen MR) is 106 cm³/mol. The molecule has 0 spiro atoms. The summed E-state index contributed by atoms with van der Waals surface area (Å²) in [5, 5.41) is 14.7. The van der Waals surface area contributed by atoms with Crippen LogP contribution in [-0.2, 0) is 17.4 Å². The zero-order chi connectivity index (χ0) is 22.6. The lowest BCUT2D eigenvalue weighted by Crippen LogP contribution is -2.20. The van der Waals surface area contributed by atoms with Gasteiger partial charge in [0.05, 0.1) is 23.1 Å². The third kappa shape index (κ3) is 5.56. The van der Waals surface area contributed by atoms with Crippen molar-refractivity contribution in [3.8, 4) is 11.3 Å². The molecule has 160 valence electrons. The zero-order valence-electron chi connectivity index (χ0n) is 16.1. The van der Waals surface area contributed by atoms with Gasteiger partial charge < -0.3 is 4.42 Å². The van der Waals surface area contributed by atoms with Crippen LogP contribution >= 0.6 is 0 Å². The van der Waals surface area contributed by atoms with Gasteiger partial charge in [-0.1, -0.05) is 24.3 Å². The van der Waals surface area contributed by atoms with E-state index >= 15 is 0 Å². The minimum Gasteiger partial charge on any atom is -0.455 e. The van der Waals surface area contributed by atoms with Crippen LogP contribution in [0.5, 0.6) is 0 Å². The summed E-state index contributed by atoms with van der Waals surface area (Å²) in [6.45, 7) is 1.78. The maximum absolute atomic E-state index is 12.7. The van der Waals surface area contributed by atoms with Crippen LogP contribution in [0, 0.1) is 17.0 Å². The van der Waals surface area contributed by atoms with Gasteiger partial charge in [0.15, 0.2) is 0 Å². The van der Waals surface area contributed by atoms with Crippen molar-refractivity contribution in [2.24, 2.45) is 5.10 Å². The van der Waals surface area contributed by atoms with Gasteiger partial charge in [-0.25, -0.2) is 5.43 Å². The number of nitro groups is 1. The van der Waals surface area contributed by atoms with Crippen LogP contribution in [0.4, 0.5) is 18.9 Å². The summed E-state index contributed by atoms with van der Waals surface area (Å²) < 4.78 is 43.8. The van der Waals surface area contributed by atoms with Gasteiger partial charge in [0.25, 0.3) is 5.69 Å². The van der Waals surface area contributed by atoms with Crippen LogP contribution in [0.2, 0.25) is 0 Å². The molecule has 10 heteroatoms. The first-order chi connectivity index (χ1) is 14.6. The minimum atomic E-state index is -4.49. The molecular formula is C21H16F3N3O4. The van der Waals surface area contributed by atoms with E-state index < -0.39 is 22.6 Å². The number of non-ortho nitro benzene ring substituents is 1. The molecule has 7 nitrogen and oxygen atoms in total. The maximum atomic E-state index is 12.7. The molecule has 0 atom stereocenters. The topological polar surface area (TPSA) is 97.7 Å². The number of halogens is 3. The molecule has 0 bridgehead atoms. The Balaban J connectivity index is 1.64. The second kappa shape index (κ2) is 8.82. The third-order valence-electron chi connectivity index (χ3n) is 4.32. The molecule has 0 unspecified atom stereocenters. The average Bonchev–Trinajstić information content (AvgIpc) is 3.16. The highest BCUT2D eigenvalue weighted by Crippen LogP contribution is 2.30. The van der Waals surface area contributed by atoms with E-state index in [1.807, 2.05) is 0 Å². The first-order valence-corrected chi connectivity index (χ1v) is 8.97. The van der Waals surface area contributed by atoms with Crippen molar-refractivity contribution in [3.63, 3.8) is 0 Å². The Morgan fingerprint density at radius 1 is 1.19 bits per heavy atom. The van der Waals surface area contributed by atoms with Crippen molar-refractivity contribution >= 4 is 17.8 Å². The van der Waals surface area contributed by atoms with Crippen molar-refractivity contribution in [1.82, 2.24) is 5.43 Å². The van der Waals surface area contributed by atoms with Gasteiger partial charge in [-0.05, 0) is 36.2 Å². The van der Waals surface area contributed by atoms with Gasteiger partial charge in [0, 0.05) is 17.7 Å². The maximum Gasteiger partial charge on any atom is 0.416 e. The summed E-state index contributed by atoms with van der Waals surface area (Å²) in [6.07, 6.45) is -3.54. The second-order valence-electron chi connectivity index (χ2n) is 6.63. The fraction of sp³-hybridized carbons (Fsp3) is 0.143. The number of hydrogen-bond donors (Lipinski definition) is 1. The quantitative estimate of drug-likeness (QED) is 0.342. The number of hydrazone groups is 1. The van der Waals surface area contributed by atoms with E-state index in [2.05, 4.69) is 10.5 Å². The molecule has 3 aromatic rings. The third-order valence-corrected chi connectivity index (χ3v) is 4.32. The number of carbonyl (C=O) groups is 1. The van der Waals surface area contributed by atoms with E-state index in [-0.39, 0.29) is 23.4 Å². The summed E-state index contributed by atoms with van der Waals surface area (Å²) >= 11 is 0. The van der Waals surface area contributed by atoms with Gasteiger partial charge in [0.1, 0.15) is 11.5 Å². The van der Waals surface area contributed by atoms with Gasteiger partial charge in [-0.15, -0.1) is 0 Å². The Kier molecular flexibility index (Phi) is 6.19. The minimum absolute atomic E-state index is 0.0749. The number of carbonyl (C=O) groups excluding carboxylic acids is 1. The molecule has 1 heterocycles. The Morgan fingerprint density at radius 2 is 1.97 bits per heavy atom. The second-order valence-corrected chi connectivity index (χ2v) is 6.63. The molecule has 1 aromatic heterocycles. The van der Waals surface area contributed by atoms with Crippen molar-refractivity contribution < 1.29 is 27.3 Å². The zero-order valence-corrected chi connectivity index (χ0v) is 16.1. The fourth-order valence-corrected chi connectivity index (χ4v) is 2.81. The number of benzene rings is 2. The Labute approximate surface area is 174 Å². The van der Waals surface area contributed by atoms with Crippen molar-refractivity contribution in [2.45, 2.75) is 19.5 Å². The number of nitrogens with zero attached hydrogens (tertiary/aromatic N) is 2. The van der Waals surface area contributed by atoms with Crippen LogP contribution in [-0.4, -0.2) is 17.0 Å². The Hall–Kier alpha value is -3.95.